The quantitative estimate of drug-likeness (QED) is 0.196. The lowest BCUT2D eigenvalue weighted by Crippen LogP contribution is -1.88. The van der Waals surface area contributed by atoms with Gasteiger partial charge < -0.3 is 10.3 Å². The largest absolute Gasteiger partial charge is 0.501 e. The van der Waals surface area contributed by atoms with Gasteiger partial charge in [0.2, 0.25) is 0 Å². The molecule has 13 heavy (non-hydrogen) atoms. The van der Waals surface area contributed by atoms with Crippen molar-refractivity contribution in [2.75, 3.05) is 7.11 Å². The van der Waals surface area contributed by atoms with Gasteiger partial charge in [0.1, 0.15) is 5.76 Å². The molecule has 0 heterocycles. The molecule has 0 saturated heterocycles. The molecule has 0 N–H and O–H groups in total. The van der Waals surface area contributed by atoms with Gasteiger partial charge in [-0.05, 0) is 18.9 Å². The second-order valence-electron chi connectivity index (χ2n) is 2.87. The Kier molecular flexibility index (Phi) is 8.26. The summed E-state index contributed by atoms with van der Waals surface area (Å²) in [4.78, 5) is 2.92. The third-order valence-corrected chi connectivity index (χ3v) is 1.82. The number of methoxy groups -OCH3 is 1. The van der Waals surface area contributed by atoms with Gasteiger partial charge in [0.25, 0.3) is 6.21 Å². The van der Waals surface area contributed by atoms with E-state index >= 15 is 0 Å². The number of ether oxygens (including phenoxy) is 1. The van der Waals surface area contributed by atoms with Crippen LogP contribution in [0, 0.1) is 0 Å². The van der Waals surface area contributed by atoms with Crippen molar-refractivity contribution in [3.8, 4) is 0 Å². The standard InChI is InChI=1S/C10H18N2O/c1-3-4-5-6-7-10(13-2)8-9-12-11/h7,9H,3-6,8H2,1-2H3/b10-7+. The number of allylic oxidation sites excluding steroid dienone is 2. The molecule has 0 atom stereocenters. The summed E-state index contributed by atoms with van der Waals surface area (Å²) in [7, 11) is 1.64. The van der Waals surface area contributed by atoms with Gasteiger partial charge >= 0.3 is 0 Å². The third-order valence-electron chi connectivity index (χ3n) is 1.82. The van der Waals surface area contributed by atoms with Crippen molar-refractivity contribution in [1.82, 2.24) is 0 Å². The Bertz CT molecular complexity index is 193. The Morgan fingerprint density at radius 1 is 1.46 bits per heavy atom. The predicted molar refractivity (Wildman–Crippen MR) is 53.5 cm³/mol. The van der Waals surface area contributed by atoms with E-state index in [1.165, 1.54) is 25.5 Å². The molecule has 0 fully saturated rings. The van der Waals surface area contributed by atoms with Crippen LogP contribution in [0.1, 0.15) is 39.0 Å². The fourth-order valence-corrected chi connectivity index (χ4v) is 1.04. The van der Waals surface area contributed by atoms with Crippen molar-refractivity contribution < 1.29 is 9.53 Å². The first-order valence-electron chi connectivity index (χ1n) is 4.74. The number of hydrogen-bond donors (Lipinski definition) is 0. The molecule has 0 aromatic rings. The van der Waals surface area contributed by atoms with Gasteiger partial charge in [-0.1, -0.05) is 19.8 Å². The average molecular weight is 182 g/mol. The van der Waals surface area contributed by atoms with Crippen molar-refractivity contribution in [2.24, 2.45) is 0 Å². The summed E-state index contributed by atoms with van der Waals surface area (Å²) >= 11 is 0. The van der Waals surface area contributed by atoms with Crippen LogP contribution in [-0.4, -0.2) is 18.1 Å². The van der Waals surface area contributed by atoms with E-state index in [9.17, 15) is 0 Å². The molecule has 0 aliphatic heterocycles. The van der Waals surface area contributed by atoms with Gasteiger partial charge in [0.15, 0.2) is 0 Å². The fraction of sp³-hybridized carbons (Fsp3) is 0.700. The number of rotatable bonds is 7. The Hall–Kier alpha value is -1.08. The molecular weight excluding hydrogens is 164 g/mol. The fourth-order valence-electron chi connectivity index (χ4n) is 1.04. The summed E-state index contributed by atoms with van der Waals surface area (Å²) in [5, 5.41) is 0. The molecule has 0 aliphatic carbocycles. The van der Waals surface area contributed by atoms with E-state index in [1.54, 1.807) is 7.11 Å². The van der Waals surface area contributed by atoms with E-state index in [0.717, 1.165) is 12.2 Å². The first kappa shape index (κ1) is 11.9. The molecule has 3 heteroatoms. The highest BCUT2D eigenvalue weighted by Crippen LogP contribution is 2.05. The highest BCUT2D eigenvalue weighted by molar-refractivity contribution is 5.53. The zero-order valence-electron chi connectivity index (χ0n) is 8.49. The molecule has 0 unspecified atom stereocenters. The predicted octanol–water partition coefficient (Wildman–Crippen LogP) is 2.79. The maximum atomic E-state index is 8.21. The van der Waals surface area contributed by atoms with Gasteiger partial charge in [-0.3, -0.25) is 0 Å². The molecule has 0 saturated carbocycles. The summed E-state index contributed by atoms with van der Waals surface area (Å²) in [6, 6.07) is 0. The van der Waals surface area contributed by atoms with Crippen LogP contribution in [0.25, 0.3) is 5.53 Å². The first-order valence-corrected chi connectivity index (χ1v) is 4.74. The van der Waals surface area contributed by atoms with Crippen molar-refractivity contribution >= 4 is 6.21 Å². The highest BCUT2D eigenvalue weighted by atomic mass is 16.5. The zero-order chi connectivity index (χ0) is 9.94. The topological polar surface area (TPSA) is 45.6 Å². The minimum Gasteiger partial charge on any atom is -0.501 e. The van der Waals surface area contributed by atoms with Gasteiger partial charge in [-0.2, -0.15) is 4.79 Å². The van der Waals surface area contributed by atoms with Gasteiger partial charge in [-0.15, -0.1) is 0 Å². The molecular formula is C10H18N2O. The molecule has 3 nitrogen and oxygen atoms in total. The van der Waals surface area contributed by atoms with E-state index in [-0.39, 0.29) is 0 Å². The minimum absolute atomic E-state index is 0.569. The summed E-state index contributed by atoms with van der Waals surface area (Å²) in [6.45, 7) is 2.18. The van der Waals surface area contributed by atoms with Crippen LogP contribution in [-0.2, 0) is 4.74 Å². The van der Waals surface area contributed by atoms with E-state index < -0.39 is 0 Å². The van der Waals surface area contributed by atoms with Gasteiger partial charge in [0, 0.05) is 0 Å². The van der Waals surface area contributed by atoms with E-state index in [4.69, 9.17) is 10.3 Å². The normalized spacial score (nSPS) is 10.8. The van der Waals surface area contributed by atoms with Gasteiger partial charge in [0.05, 0.1) is 13.5 Å². The Morgan fingerprint density at radius 2 is 2.23 bits per heavy atom. The maximum absolute atomic E-state index is 8.21. The van der Waals surface area contributed by atoms with Crippen LogP contribution in [0.15, 0.2) is 11.8 Å². The van der Waals surface area contributed by atoms with Crippen LogP contribution in [0.2, 0.25) is 0 Å². The van der Waals surface area contributed by atoms with Crippen LogP contribution in [0.5, 0.6) is 0 Å². The van der Waals surface area contributed by atoms with Crippen LogP contribution in [0.4, 0.5) is 0 Å². The molecule has 0 aromatic carbocycles. The summed E-state index contributed by atoms with van der Waals surface area (Å²) in [6.07, 6.45) is 8.76. The lowest BCUT2D eigenvalue weighted by molar-refractivity contribution is 0.000708. The molecule has 0 bridgehead atoms. The Morgan fingerprint density at radius 3 is 2.77 bits per heavy atom. The number of hydrogen-bond acceptors (Lipinski definition) is 1. The molecule has 0 aromatic heterocycles. The second-order valence-corrected chi connectivity index (χ2v) is 2.87. The van der Waals surface area contributed by atoms with Crippen molar-refractivity contribution in [3.63, 3.8) is 0 Å². The Balaban J connectivity index is 3.71. The zero-order valence-corrected chi connectivity index (χ0v) is 8.49. The first-order chi connectivity index (χ1) is 6.35. The molecule has 74 valence electrons. The third kappa shape index (κ3) is 7.29. The number of unbranched alkanes of at least 4 members (excludes halogenated alkanes) is 3. The highest BCUT2D eigenvalue weighted by Gasteiger charge is 1.95. The van der Waals surface area contributed by atoms with E-state index in [1.807, 2.05) is 0 Å². The smallest absolute Gasteiger partial charge is 0.264 e. The van der Waals surface area contributed by atoms with Crippen molar-refractivity contribution in [3.05, 3.63) is 17.4 Å². The maximum Gasteiger partial charge on any atom is 0.264 e. The second kappa shape index (κ2) is 9.01. The number of nitrogens with zero attached hydrogens (tertiary/aromatic N) is 2. The molecule has 0 rings (SSSR count). The summed E-state index contributed by atoms with van der Waals surface area (Å²) < 4.78 is 5.09. The van der Waals surface area contributed by atoms with Crippen LogP contribution < -0.4 is 0 Å². The summed E-state index contributed by atoms with van der Waals surface area (Å²) in [5.41, 5.74) is 8.21. The molecule has 0 aliphatic rings. The van der Waals surface area contributed by atoms with Gasteiger partial charge in [-0.25, -0.2) is 0 Å². The van der Waals surface area contributed by atoms with Crippen molar-refractivity contribution in [2.45, 2.75) is 39.0 Å². The van der Waals surface area contributed by atoms with Crippen LogP contribution >= 0.6 is 0 Å². The lowest BCUT2D eigenvalue weighted by atomic mass is 10.2. The lowest BCUT2D eigenvalue weighted by Gasteiger charge is -2.00. The monoisotopic (exact) mass is 182 g/mol. The van der Waals surface area contributed by atoms with Crippen LogP contribution in [0.3, 0.4) is 0 Å². The van der Waals surface area contributed by atoms with Crippen molar-refractivity contribution in [1.29, 1.82) is 0 Å². The van der Waals surface area contributed by atoms with E-state index in [2.05, 4.69) is 17.8 Å². The van der Waals surface area contributed by atoms with E-state index in [0.29, 0.717) is 6.42 Å². The summed E-state index contributed by atoms with van der Waals surface area (Å²) in [5.74, 6) is 0.869. The Labute approximate surface area is 80.0 Å². The molecule has 0 radical (unpaired) electrons. The SMILES string of the molecule is CCCCC/C=C(\CC=[N+]=[N-])OC. The molecule has 0 spiro atoms. The molecule has 0 amide bonds. The average Bonchev–Trinajstić information content (AvgIpc) is 2.17. The minimum atomic E-state index is 0.569.